The highest BCUT2D eigenvalue weighted by molar-refractivity contribution is 6.02. The van der Waals surface area contributed by atoms with Crippen LogP contribution in [0.4, 0.5) is 19.0 Å². The maximum atomic E-state index is 13.0. The number of nitrogens with one attached hydrogen (secondary N) is 3. The van der Waals surface area contributed by atoms with E-state index in [1.54, 1.807) is 18.2 Å². The second kappa shape index (κ2) is 8.27. The van der Waals surface area contributed by atoms with Crippen molar-refractivity contribution >= 4 is 23.3 Å². The summed E-state index contributed by atoms with van der Waals surface area (Å²) in [4.78, 5) is 16.3. The van der Waals surface area contributed by atoms with E-state index in [0.29, 0.717) is 11.7 Å². The Morgan fingerprint density at radius 1 is 1.23 bits per heavy atom. The first-order valence-electron chi connectivity index (χ1n) is 10.3. The van der Waals surface area contributed by atoms with E-state index in [-0.39, 0.29) is 29.7 Å². The lowest BCUT2D eigenvalue weighted by atomic mass is 9.90. The number of rotatable bonds is 4. The van der Waals surface area contributed by atoms with Gasteiger partial charge in [-0.2, -0.15) is 13.2 Å². The second-order valence-electron chi connectivity index (χ2n) is 8.01. The summed E-state index contributed by atoms with van der Waals surface area (Å²) in [6.07, 6.45) is -0.373. The molecular formula is C20H25F3N6O2. The highest BCUT2D eigenvalue weighted by Crippen LogP contribution is 2.30. The van der Waals surface area contributed by atoms with E-state index in [2.05, 4.69) is 26.1 Å². The van der Waals surface area contributed by atoms with Gasteiger partial charge in [-0.25, -0.2) is 4.98 Å². The lowest BCUT2D eigenvalue weighted by Crippen LogP contribution is -2.47. The van der Waals surface area contributed by atoms with E-state index in [1.165, 1.54) is 11.5 Å². The molecule has 3 N–H and O–H groups in total. The first-order chi connectivity index (χ1) is 14.8. The van der Waals surface area contributed by atoms with E-state index in [1.807, 2.05) is 6.92 Å². The number of hydrazone groups is 1. The fraction of sp³-hybridized carbons (Fsp3) is 0.550. The molecule has 2 aliphatic rings. The number of hydrogen-bond acceptors (Lipinski definition) is 6. The van der Waals surface area contributed by atoms with Crippen molar-refractivity contribution in [1.29, 1.82) is 0 Å². The van der Waals surface area contributed by atoms with Crippen LogP contribution < -0.4 is 16.1 Å². The SMILES string of the molecule is COC1=NNC(C)C1C(=O)N[C@H]1CC[C@@H](Nc2cccc3nc(C(F)(F)F)cn23)CC1. The number of imidazole rings is 1. The smallest absolute Gasteiger partial charge is 0.434 e. The van der Waals surface area contributed by atoms with Gasteiger partial charge in [-0.05, 0) is 44.7 Å². The lowest BCUT2D eigenvalue weighted by Gasteiger charge is -2.31. The molecule has 0 radical (unpaired) electrons. The Hall–Kier alpha value is -2.98. The van der Waals surface area contributed by atoms with E-state index in [0.717, 1.165) is 31.9 Å². The summed E-state index contributed by atoms with van der Waals surface area (Å²) in [6, 6.07) is 4.97. The molecule has 11 heteroatoms. The van der Waals surface area contributed by atoms with Crippen molar-refractivity contribution in [2.24, 2.45) is 11.0 Å². The van der Waals surface area contributed by atoms with Gasteiger partial charge in [-0.1, -0.05) is 6.07 Å². The fourth-order valence-corrected chi connectivity index (χ4v) is 4.18. The molecule has 2 unspecified atom stereocenters. The fourth-order valence-electron chi connectivity index (χ4n) is 4.18. The van der Waals surface area contributed by atoms with Gasteiger partial charge in [0, 0.05) is 18.3 Å². The minimum atomic E-state index is -4.49. The van der Waals surface area contributed by atoms with Crippen molar-refractivity contribution < 1.29 is 22.7 Å². The van der Waals surface area contributed by atoms with Crippen molar-refractivity contribution in [2.75, 3.05) is 12.4 Å². The van der Waals surface area contributed by atoms with Crippen molar-refractivity contribution in [3.05, 3.63) is 30.1 Å². The predicted molar refractivity (Wildman–Crippen MR) is 109 cm³/mol. The zero-order chi connectivity index (χ0) is 22.2. The largest absolute Gasteiger partial charge is 0.482 e. The maximum Gasteiger partial charge on any atom is 0.434 e. The number of nitrogens with zero attached hydrogens (tertiary/aromatic N) is 3. The third kappa shape index (κ3) is 4.40. The van der Waals surface area contributed by atoms with Gasteiger partial charge in [0.1, 0.15) is 17.4 Å². The first kappa shape index (κ1) is 21.3. The number of alkyl halides is 3. The minimum absolute atomic E-state index is 0.0392. The van der Waals surface area contributed by atoms with E-state index in [4.69, 9.17) is 4.74 Å². The van der Waals surface area contributed by atoms with E-state index in [9.17, 15) is 18.0 Å². The molecule has 168 valence electrons. The maximum absolute atomic E-state index is 13.0. The summed E-state index contributed by atoms with van der Waals surface area (Å²) in [7, 11) is 1.49. The quantitative estimate of drug-likeness (QED) is 0.683. The standard InChI is InChI=1S/C20H25F3N6O2/c1-11-17(19(31-2)28-27-11)18(30)25-13-8-6-12(7-9-13)24-15-4-3-5-16-26-14(10-29(15)16)20(21,22)23/h3-5,10-13,17,24,27H,6-9H2,1-2H3,(H,25,30)/t11?,12-,13+,17?. The van der Waals surface area contributed by atoms with Crippen LogP contribution in [0.25, 0.3) is 5.65 Å². The summed E-state index contributed by atoms with van der Waals surface area (Å²) < 4.78 is 45.6. The monoisotopic (exact) mass is 438 g/mol. The zero-order valence-corrected chi connectivity index (χ0v) is 17.2. The van der Waals surface area contributed by atoms with Gasteiger partial charge >= 0.3 is 6.18 Å². The van der Waals surface area contributed by atoms with Crippen LogP contribution >= 0.6 is 0 Å². The van der Waals surface area contributed by atoms with Crippen molar-refractivity contribution in [1.82, 2.24) is 20.1 Å². The van der Waals surface area contributed by atoms with Crippen LogP contribution in [0.3, 0.4) is 0 Å². The number of amides is 1. The molecule has 0 aromatic carbocycles. The first-order valence-corrected chi connectivity index (χ1v) is 10.3. The van der Waals surface area contributed by atoms with Crippen LogP contribution in [-0.4, -0.2) is 46.4 Å². The normalized spacial score (nSPS) is 26.3. The Bertz CT molecular complexity index is 981. The van der Waals surface area contributed by atoms with Gasteiger partial charge in [-0.3, -0.25) is 9.20 Å². The molecule has 8 nitrogen and oxygen atoms in total. The molecule has 0 bridgehead atoms. The molecule has 1 aliphatic heterocycles. The molecule has 3 heterocycles. The third-order valence-corrected chi connectivity index (χ3v) is 5.84. The van der Waals surface area contributed by atoms with E-state index >= 15 is 0 Å². The van der Waals surface area contributed by atoms with Gasteiger partial charge in [0.2, 0.25) is 11.8 Å². The molecule has 1 saturated carbocycles. The number of pyridine rings is 1. The third-order valence-electron chi connectivity index (χ3n) is 5.84. The highest BCUT2D eigenvalue weighted by Gasteiger charge is 2.37. The number of carbonyl (C=O) groups excluding carboxylic acids is 1. The second-order valence-corrected chi connectivity index (χ2v) is 8.01. The van der Waals surface area contributed by atoms with Crippen LogP contribution in [0, 0.1) is 5.92 Å². The molecule has 1 fully saturated rings. The Kier molecular flexibility index (Phi) is 5.67. The summed E-state index contributed by atoms with van der Waals surface area (Å²) in [5.41, 5.74) is 2.19. The lowest BCUT2D eigenvalue weighted by molar-refractivity contribution is -0.140. The van der Waals surface area contributed by atoms with Gasteiger partial charge in [0.15, 0.2) is 5.69 Å². The van der Waals surface area contributed by atoms with Crippen molar-refractivity contribution in [3.8, 4) is 0 Å². The Morgan fingerprint density at radius 3 is 2.61 bits per heavy atom. The Balaban J connectivity index is 1.35. The number of aromatic nitrogens is 2. The molecule has 0 saturated heterocycles. The van der Waals surface area contributed by atoms with Crippen LogP contribution in [0.15, 0.2) is 29.5 Å². The number of methoxy groups -OCH3 is 1. The van der Waals surface area contributed by atoms with Crippen LogP contribution in [0.2, 0.25) is 0 Å². The zero-order valence-electron chi connectivity index (χ0n) is 17.2. The number of fused-ring (bicyclic) bond motifs is 1. The topological polar surface area (TPSA) is 92.0 Å². The van der Waals surface area contributed by atoms with Gasteiger partial charge in [0.05, 0.1) is 13.2 Å². The van der Waals surface area contributed by atoms with Gasteiger partial charge < -0.3 is 20.8 Å². The van der Waals surface area contributed by atoms with Crippen LogP contribution in [0.1, 0.15) is 38.3 Å². The summed E-state index contributed by atoms with van der Waals surface area (Å²) in [5.74, 6) is 0.381. The summed E-state index contributed by atoms with van der Waals surface area (Å²) in [5, 5.41) is 10.4. The number of ether oxygens (including phenoxy) is 1. The minimum Gasteiger partial charge on any atom is -0.482 e. The van der Waals surface area contributed by atoms with Crippen LogP contribution in [0.5, 0.6) is 0 Å². The number of anilines is 1. The van der Waals surface area contributed by atoms with Crippen molar-refractivity contribution in [2.45, 2.75) is 56.9 Å². The summed E-state index contributed by atoms with van der Waals surface area (Å²) >= 11 is 0. The molecular weight excluding hydrogens is 413 g/mol. The molecule has 4 rings (SSSR count). The van der Waals surface area contributed by atoms with E-state index < -0.39 is 17.8 Å². The van der Waals surface area contributed by atoms with Gasteiger partial charge in [0.25, 0.3) is 0 Å². The van der Waals surface area contributed by atoms with Crippen LogP contribution in [-0.2, 0) is 15.7 Å². The average Bonchev–Trinajstić information content (AvgIpc) is 3.33. The highest BCUT2D eigenvalue weighted by atomic mass is 19.4. The average molecular weight is 438 g/mol. The number of hydrogen-bond donors (Lipinski definition) is 3. The molecule has 2 atom stereocenters. The molecule has 1 amide bonds. The Labute approximate surface area is 177 Å². The van der Waals surface area contributed by atoms with Crippen molar-refractivity contribution in [3.63, 3.8) is 0 Å². The molecule has 2 aromatic heterocycles. The molecule has 2 aromatic rings. The van der Waals surface area contributed by atoms with Gasteiger partial charge in [-0.15, -0.1) is 5.10 Å². The number of halogens is 3. The Morgan fingerprint density at radius 2 is 1.94 bits per heavy atom. The molecule has 0 spiro atoms. The summed E-state index contributed by atoms with van der Waals surface area (Å²) in [6.45, 7) is 1.88. The number of carbonyl (C=O) groups is 1. The molecule has 1 aliphatic carbocycles. The molecule has 31 heavy (non-hydrogen) atoms. The predicted octanol–water partition coefficient (Wildman–Crippen LogP) is 2.76.